The van der Waals surface area contributed by atoms with Crippen molar-refractivity contribution in [2.45, 2.75) is 12.7 Å². The number of alkyl halides is 3. The maximum absolute atomic E-state index is 14.8. The Morgan fingerprint density at radius 1 is 0.897 bits per heavy atom. The van der Waals surface area contributed by atoms with Crippen LogP contribution in [0.5, 0.6) is 23.0 Å². The predicted octanol–water partition coefficient (Wildman–Crippen LogP) is 5.46. The van der Waals surface area contributed by atoms with Crippen LogP contribution in [-0.2, 0) is 22.3 Å². The normalized spacial score (nSPS) is 11.1. The quantitative estimate of drug-likeness (QED) is 0.237. The van der Waals surface area contributed by atoms with Gasteiger partial charge in [0.15, 0.2) is 23.1 Å². The molecule has 0 radical (unpaired) electrons. The van der Waals surface area contributed by atoms with Gasteiger partial charge >= 0.3 is 18.0 Å². The van der Waals surface area contributed by atoms with Gasteiger partial charge in [0, 0.05) is 29.9 Å². The monoisotopic (exact) mass is 543 g/mol. The minimum Gasteiger partial charge on any atom is -0.493 e. The number of aromatic nitrogens is 1. The molecule has 2 N–H and O–H groups in total. The van der Waals surface area contributed by atoms with E-state index < -0.39 is 29.4 Å². The van der Waals surface area contributed by atoms with Crippen LogP contribution < -0.4 is 24.8 Å². The first-order valence-electron chi connectivity index (χ1n) is 11.3. The van der Waals surface area contributed by atoms with Crippen molar-refractivity contribution >= 4 is 28.4 Å². The Morgan fingerprint density at radius 3 is 2.36 bits per heavy atom. The van der Waals surface area contributed by atoms with Crippen LogP contribution in [0.4, 0.5) is 23.2 Å². The first-order chi connectivity index (χ1) is 18.6. The minimum absolute atomic E-state index is 0.0370. The third-order valence-corrected chi connectivity index (χ3v) is 5.54. The zero-order chi connectivity index (χ0) is 28.2. The molecule has 0 fully saturated rings. The van der Waals surface area contributed by atoms with Gasteiger partial charge in [0.25, 0.3) is 0 Å². The Bertz CT molecular complexity index is 1540. The Kier molecular flexibility index (Phi) is 7.84. The lowest BCUT2D eigenvalue weighted by atomic mass is 10.1. The van der Waals surface area contributed by atoms with Crippen molar-refractivity contribution in [3.05, 3.63) is 83.8 Å². The molecule has 1 aromatic heterocycles. The Morgan fingerprint density at radius 2 is 1.67 bits per heavy atom. The smallest absolute Gasteiger partial charge is 0.416 e. The second kappa shape index (κ2) is 11.3. The number of amides is 2. The van der Waals surface area contributed by atoms with Gasteiger partial charge in [0.2, 0.25) is 0 Å². The molecule has 0 saturated carbocycles. The average molecular weight is 543 g/mol. The highest BCUT2D eigenvalue weighted by Gasteiger charge is 2.30. The lowest BCUT2D eigenvalue weighted by Gasteiger charge is -2.14. The molecule has 4 aromatic rings. The first-order valence-corrected chi connectivity index (χ1v) is 11.3. The van der Waals surface area contributed by atoms with E-state index in [9.17, 15) is 27.2 Å². The largest absolute Gasteiger partial charge is 0.493 e. The minimum atomic E-state index is -4.54. The van der Waals surface area contributed by atoms with Crippen molar-refractivity contribution < 1.29 is 41.4 Å². The van der Waals surface area contributed by atoms with Crippen molar-refractivity contribution in [1.29, 1.82) is 0 Å². The van der Waals surface area contributed by atoms with Gasteiger partial charge in [-0.05, 0) is 48.0 Å². The third-order valence-electron chi connectivity index (χ3n) is 5.54. The molecule has 0 aliphatic rings. The van der Waals surface area contributed by atoms with Crippen LogP contribution in [0.2, 0.25) is 0 Å². The first kappa shape index (κ1) is 27.2. The van der Waals surface area contributed by atoms with E-state index in [0.717, 1.165) is 18.2 Å². The number of carbonyl (C=O) groups is 2. The Balaban J connectivity index is 1.43. The number of nitrogens with one attached hydrogen (secondary N) is 2. The summed E-state index contributed by atoms with van der Waals surface area (Å²) in [6.07, 6.45) is -3.08. The summed E-state index contributed by atoms with van der Waals surface area (Å²) in [6, 6.07) is 12.8. The van der Waals surface area contributed by atoms with E-state index >= 15 is 0 Å². The molecule has 4 rings (SSSR count). The molecule has 0 aliphatic carbocycles. The fourth-order valence-corrected chi connectivity index (χ4v) is 3.68. The molecule has 8 nitrogen and oxygen atoms in total. The van der Waals surface area contributed by atoms with Gasteiger partial charge in [-0.3, -0.25) is 14.6 Å². The number of hydrogen-bond acceptors (Lipinski definition) is 6. The van der Waals surface area contributed by atoms with Gasteiger partial charge in [-0.2, -0.15) is 13.2 Å². The summed E-state index contributed by atoms with van der Waals surface area (Å²) in [6.45, 7) is -0.312. The van der Waals surface area contributed by atoms with Gasteiger partial charge in [-0.25, -0.2) is 4.39 Å². The molecule has 39 heavy (non-hydrogen) atoms. The summed E-state index contributed by atoms with van der Waals surface area (Å²) in [5.41, 5.74) is -0.326. The second-order valence-corrected chi connectivity index (χ2v) is 8.09. The summed E-state index contributed by atoms with van der Waals surface area (Å²) >= 11 is 0. The topological polar surface area (TPSA) is 98.8 Å². The van der Waals surface area contributed by atoms with Crippen molar-refractivity contribution in [3.8, 4) is 23.0 Å². The van der Waals surface area contributed by atoms with Crippen LogP contribution in [0, 0.1) is 5.82 Å². The van der Waals surface area contributed by atoms with Gasteiger partial charge in [0.05, 0.1) is 19.8 Å². The maximum Gasteiger partial charge on any atom is 0.416 e. The number of pyridine rings is 1. The lowest BCUT2D eigenvalue weighted by molar-refractivity contribution is -0.137. The van der Waals surface area contributed by atoms with E-state index in [4.69, 9.17) is 14.2 Å². The summed E-state index contributed by atoms with van der Waals surface area (Å²) in [5.74, 6) is -2.11. The molecule has 3 aromatic carbocycles. The van der Waals surface area contributed by atoms with E-state index in [-0.39, 0.29) is 29.3 Å². The highest BCUT2D eigenvalue weighted by atomic mass is 19.4. The highest BCUT2D eigenvalue weighted by Crippen LogP contribution is 2.39. The molecule has 202 valence electrons. The van der Waals surface area contributed by atoms with E-state index in [2.05, 4.69) is 15.6 Å². The fourth-order valence-electron chi connectivity index (χ4n) is 3.68. The zero-order valence-electron chi connectivity index (χ0n) is 20.6. The number of halogens is 4. The van der Waals surface area contributed by atoms with Crippen LogP contribution in [0.3, 0.4) is 0 Å². The number of rotatable bonds is 7. The number of anilines is 1. The van der Waals surface area contributed by atoms with Crippen LogP contribution >= 0.6 is 0 Å². The fraction of sp³-hybridized carbons (Fsp3) is 0.148. The van der Waals surface area contributed by atoms with Gasteiger partial charge < -0.3 is 24.8 Å². The van der Waals surface area contributed by atoms with Gasteiger partial charge in [-0.15, -0.1) is 0 Å². The SMILES string of the molecule is COc1ccc2c(Oc3ccc(NC(=O)C(=O)NCc4cccc(C(F)(F)F)c4)cc3F)ccnc2c1OC. The molecule has 0 aliphatic heterocycles. The Labute approximate surface area is 219 Å². The summed E-state index contributed by atoms with van der Waals surface area (Å²) in [5, 5.41) is 5.00. The van der Waals surface area contributed by atoms with E-state index in [1.54, 1.807) is 12.1 Å². The lowest BCUT2D eigenvalue weighted by Crippen LogP contribution is -2.35. The molecular weight excluding hydrogens is 522 g/mol. The third kappa shape index (κ3) is 6.17. The molecular formula is C27H21F4N3O5. The summed E-state index contributed by atoms with van der Waals surface area (Å²) < 4.78 is 69.7. The number of fused-ring (bicyclic) bond motifs is 1. The Hall–Kier alpha value is -4.87. The van der Waals surface area contributed by atoms with E-state index in [0.29, 0.717) is 22.4 Å². The molecule has 12 heteroatoms. The van der Waals surface area contributed by atoms with Gasteiger partial charge in [0.1, 0.15) is 11.3 Å². The van der Waals surface area contributed by atoms with Crippen molar-refractivity contribution in [2.75, 3.05) is 19.5 Å². The summed E-state index contributed by atoms with van der Waals surface area (Å²) in [7, 11) is 2.95. The standard InChI is InChI=1S/C27H21F4N3O5/c1-37-22-9-7-18-20(10-11-32-23(18)24(22)38-2)39-21-8-6-17(13-19(21)28)34-26(36)25(35)33-14-15-4-3-5-16(12-15)27(29,30)31/h3-13H,14H2,1-2H3,(H,33,35)(H,34,36). The number of nitrogens with zero attached hydrogens (tertiary/aromatic N) is 1. The molecule has 0 saturated heterocycles. The average Bonchev–Trinajstić information content (AvgIpc) is 2.92. The van der Waals surface area contributed by atoms with Gasteiger partial charge in [-0.1, -0.05) is 12.1 Å². The maximum atomic E-state index is 14.8. The number of methoxy groups -OCH3 is 2. The number of benzene rings is 3. The molecule has 2 amide bonds. The highest BCUT2D eigenvalue weighted by molar-refractivity contribution is 6.39. The van der Waals surface area contributed by atoms with Crippen LogP contribution in [0.1, 0.15) is 11.1 Å². The van der Waals surface area contributed by atoms with Crippen LogP contribution in [-0.4, -0.2) is 31.0 Å². The second-order valence-electron chi connectivity index (χ2n) is 8.09. The van der Waals surface area contributed by atoms with Crippen molar-refractivity contribution in [2.24, 2.45) is 0 Å². The van der Waals surface area contributed by atoms with Crippen molar-refractivity contribution in [1.82, 2.24) is 10.3 Å². The van der Waals surface area contributed by atoms with E-state index in [1.807, 2.05) is 0 Å². The molecule has 0 spiro atoms. The van der Waals surface area contributed by atoms with Crippen LogP contribution in [0.15, 0.2) is 66.9 Å². The molecule has 0 bridgehead atoms. The zero-order valence-corrected chi connectivity index (χ0v) is 20.6. The molecule has 0 unspecified atom stereocenters. The number of hydrogen-bond donors (Lipinski definition) is 2. The predicted molar refractivity (Wildman–Crippen MR) is 133 cm³/mol. The summed E-state index contributed by atoms with van der Waals surface area (Å²) in [4.78, 5) is 28.6. The number of ether oxygens (including phenoxy) is 3. The molecule has 1 heterocycles. The van der Waals surface area contributed by atoms with E-state index in [1.165, 1.54) is 50.7 Å². The van der Waals surface area contributed by atoms with Crippen molar-refractivity contribution in [3.63, 3.8) is 0 Å². The molecule has 0 atom stereocenters. The van der Waals surface area contributed by atoms with Crippen LogP contribution in [0.25, 0.3) is 10.9 Å². The number of carbonyl (C=O) groups excluding carboxylic acids is 2.